The molecule has 1 aliphatic heterocycles. The van der Waals surface area contributed by atoms with E-state index in [1.54, 1.807) is 81.4 Å². The highest BCUT2D eigenvalue weighted by atomic mass is 19.1. The van der Waals surface area contributed by atoms with Crippen LogP contribution in [0.25, 0.3) is 0 Å². The predicted octanol–water partition coefficient (Wildman–Crippen LogP) is 1.10. The standard InChI is InChI=1S/C31H40FN5O7/c1-31(2,3)36-28(41)24-15-21(32)17-37(24)29(42)26(39)22(14-19-10-6-4-7-11-19)34-27(40)23(16-25(33)38)35-30(43)44-18-20-12-8-5-9-13-20/h4-13,21-24,26,39H,14-18H2,1-3H3,(H2,33,38)(H,34,40)(H,35,43)(H,36,41)/t21-,22-,23-,24-,26-/m0/s1. The topological polar surface area (TPSA) is 180 Å². The lowest BCUT2D eigenvalue weighted by Gasteiger charge is -2.32. The highest BCUT2D eigenvalue weighted by molar-refractivity contribution is 5.93. The van der Waals surface area contributed by atoms with Gasteiger partial charge in [-0.2, -0.15) is 0 Å². The van der Waals surface area contributed by atoms with Gasteiger partial charge < -0.3 is 36.4 Å². The number of hydrogen-bond donors (Lipinski definition) is 5. The van der Waals surface area contributed by atoms with Gasteiger partial charge in [0.05, 0.1) is 19.0 Å². The van der Waals surface area contributed by atoms with Gasteiger partial charge in [0, 0.05) is 12.0 Å². The van der Waals surface area contributed by atoms with Crippen LogP contribution >= 0.6 is 0 Å². The molecule has 0 saturated carbocycles. The number of carbonyl (C=O) groups excluding carboxylic acids is 5. The maximum absolute atomic E-state index is 14.5. The van der Waals surface area contributed by atoms with Crippen molar-refractivity contribution in [3.63, 3.8) is 0 Å². The monoisotopic (exact) mass is 613 g/mol. The fraction of sp³-hybridized carbons (Fsp3) is 0.452. The number of nitrogens with two attached hydrogens (primary N) is 1. The Balaban J connectivity index is 1.79. The maximum Gasteiger partial charge on any atom is 0.408 e. The quantitative estimate of drug-likeness (QED) is 0.238. The number of rotatable bonds is 12. The minimum atomic E-state index is -1.91. The maximum atomic E-state index is 14.5. The van der Waals surface area contributed by atoms with Crippen LogP contribution in [-0.2, 0) is 36.9 Å². The number of ether oxygens (including phenoxy) is 1. The van der Waals surface area contributed by atoms with Crippen molar-refractivity contribution in [1.82, 2.24) is 20.9 Å². The number of halogens is 1. The van der Waals surface area contributed by atoms with Gasteiger partial charge in [-0.15, -0.1) is 0 Å². The van der Waals surface area contributed by atoms with E-state index >= 15 is 0 Å². The van der Waals surface area contributed by atoms with Crippen molar-refractivity contribution >= 4 is 29.7 Å². The van der Waals surface area contributed by atoms with Gasteiger partial charge in [0.15, 0.2) is 6.10 Å². The Labute approximate surface area is 255 Å². The van der Waals surface area contributed by atoms with Crippen molar-refractivity contribution in [2.45, 2.75) is 82.6 Å². The third-order valence-electron chi connectivity index (χ3n) is 6.82. The van der Waals surface area contributed by atoms with Crippen molar-refractivity contribution in [1.29, 1.82) is 0 Å². The first-order chi connectivity index (χ1) is 20.7. The second-order valence-corrected chi connectivity index (χ2v) is 11.8. The van der Waals surface area contributed by atoms with Crippen LogP contribution < -0.4 is 21.7 Å². The summed E-state index contributed by atoms with van der Waals surface area (Å²) in [4.78, 5) is 65.0. The highest BCUT2D eigenvalue weighted by Crippen LogP contribution is 2.23. The van der Waals surface area contributed by atoms with Gasteiger partial charge >= 0.3 is 6.09 Å². The normalized spacial score (nSPS) is 18.4. The molecular formula is C31H40FN5O7. The highest BCUT2D eigenvalue weighted by Gasteiger charge is 2.44. The minimum absolute atomic E-state index is 0.0486. The molecule has 1 heterocycles. The lowest BCUT2D eigenvalue weighted by Crippen LogP contribution is -2.59. The van der Waals surface area contributed by atoms with Gasteiger partial charge in [-0.25, -0.2) is 9.18 Å². The van der Waals surface area contributed by atoms with Crippen molar-refractivity contribution in [2.75, 3.05) is 6.54 Å². The molecule has 2 aromatic rings. The second-order valence-electron chi connectivity index (χ2n) is 11.8. The Morgan fingerprint density at radius 3 is 2.16 bits per heavy atom. The van der Waals surface area contributed by atoms with E-state index in [0.717, 1.165) is 4.90 Å². The van der Waals surface area contributed by atoms with E-state index in [0.29, 0.717) is 11.1 Å². The zero-order chi connectivity index (χ0) is 32.4. The number of likely N-dealkylation sites (tertiary alicyclic amines) is 1. The molecule has 44 heavy (non-hydrogen) atoms. The number of alkyl halides is 1. The summed E-state index contributed by atoms with van der Waals surface area (Å²) in [6, 6.07) is 13.5. The van der Waals surface area contributed by atoms with Crippen LogP contribution in [0.5, 0.6) is 0 Å². The number of primary amides is 1. The SMILES string of the molecule is CC(C)(C)NC(=O)[C@@H]1C[C@H](F)CN1C(=O)[C@@H](O)[C@H](Cc1ccccc1)NC(=O)[C@H](CC(N)=O)NC(=O)OCc1ccccc1. The van der Waals surface area contributed by atoms with Crippen LogP contribution in [0, 0.1) is 0 Å². The molecule has 13 heteroatoms. The van der Waals surface area contributed by atoms with E-state index in [2.05, 4.69) is 16.0 Å². The molecule has 3 rings (SSSR count). The number of hydrogen-bond acceptors (Lipinski definition) is 7. The van der Waals surface area contributed by atoms with Crippen LogP contribution in [0.2, 0.25) is 0 Å². The largest absolute Gasteiger partial charge is 0.445 e. The minimum Gasteiger partial charge on any atom is -0.445 e. The average molecular weight is 614 g/mol. The summed E-state index contributed by atoms with van der Waals surface area (Å²) < 4.78 is 19.7. The first kappa shape index (κ1) is 34.0. The van der Waals surface area contributed by atoms with Gasteiger partial charge in [-0.1, -0.05) is 60.7 Å². The lowest BCUT2D eigenvalue weighted by molar-refractivity contribution is -0.147. The molecule has 1 saturated heterocycles. The fourth-order valence-corrected chi connectivity index (χ4v) is 4.78. The van der Waals surface area contributed by atoms with E-state index in [1.165, 1.54) is 0 Å². The van der Waals surface area contributed by atoms with E-state index < -0.39 is 78.6 Å². The fourth-order valence-electron chi connectivity index (χ4n) is 4.78. The summed E-state index contributed by atoms with van der Waals surface area (Å²) in [6.07, 6.45) is -5.29. The Hall–Kier alpha value is -4.52. The summed E-state index contributed by atoms with van der Waals surface area (Å²) >= 11 is 0. The summed E-state index contributed by atoms with van der Waals surface area (Å²) in [6.45, 7) is 4.72. The van der Waals surface area contributed by atoms with Crippen LogP contribution in [0.1, 0.15) is 44.7 Å². The molecule has 5 amide bonds. The van der Waals surface area contributed by atoms with Gasteiger partial charge in [-0.3, -0.25) is 19.2 Å². The molecule has 0 spiro atoms. The molecule has 0 radical (unpaired) electrons. The molecule has 12 nitrogen and oxygen atoms in total. The van der Waals surface area contributed by atoms with Gasteiger partial charge in [-0.05, 0) is 38.3 Å². The Kier molecular flexibility index (Phi) is 11.8. The summed E-state index contributed by atoms with van der Waals surface area (Å²) in [5.41, 5.74) is 6.00. The van der Waals surface area contributed by atoms with Crippen molar-refractivity contribution in [3.8, 4) is 0 Å². The van der Waals surface area contributed by atoms with Gasteiger partial charge in [0.1, 0.15) is 24.9 Å². The Morgan fingerprint density at radius 2 is 1.59 bits per heavy atom. The van der Waals surface area contributed by atoms with Gasteiger partial charge in [0.2, 0.25) is 17.7 Å². The van der Waals surface area contributed by atoms with Gasteiger partial charge in [0.25, 0.3) is 5.91 Å². The Bertz CT molecular complexity index is 1310. The van der Waals surface area contributed by atoms with Crippen LogP contribution in [0.15, 0.2) is 60.7 Å². The van der Waals surface area contributed by atoms with E-state index in [4.69, 9.17) is 10.5 Å². The molecule has 6 N–H and O–H groups in total. The molecule has 0 aromatic heterocycles. The third-order valence-corrected chi connectivity index (χ3v) is 6.82. The molecule has 1 aliphatic rings. The molecule has 0 bridgehead atoms. The first-order valence-corrected chi connectivity index (χ1v) is 14.3. The van der Waals surface area contributed by atoms with Crippen molar-refractivity contribution in [3.05, 3.63) is 71.8 Å². The van der Waals surface area contributed by atoms with E-state index in [-0.39, 0.29) is 19.4 Å². The summed E-state index contributed by atoms with van der Waals surface area (Å²) in [5.74, 6) is -3.34. The molecule has 2 aromatic carbocycles. The zero-order valence-electron chi connectivity index (χ0n) is 25.0. The van der Waals surface area contributed by atoms with Crippen LogP contribution in [0.4, 0.5) is 9.18 Å². The molecule has 0 unspecified atom stereocenters. The molecular weight excluding hydrogens is 573 g/mol. The van der Waals surface area contributed by atoms with Crippen LogP contribution in [0.3, 0.4) is 0 Å². The first-order valence-electron chi connectivity index (χ1n) is 14.3. The zero-order valence-corrected chi connectivity index (χ0v) is 25.0. The number of alkyl carbamates (subject to hydrolysis) is 1. The number of aliphatic hydroxyl groups excluding tert-OH is 1. The number of nitrogens with zero attached hydrogens (tertiary/aromatic N) is 1. The molecule has 238 valence electrons. The third kappa shape index (κ3) is 10.3. The molecule has 0 aliphatic carbocycles. The number of amides is 5. The summed E-state index contributed by atoms with van der Waals surface area (Å²) in [7, 11) is 0. The second kappa shape index (κ2) is 15.3. The number of benzene rings is 2. The molecule has 1 fully saturated rings. The van der Waals surface area contributed by atoms with E-state index in [9.17, 15) is 33.5 Å². The van der Waals surface area contributed by atoms with Crippen molar-refractivity contribution in [2.24, 2.45) is 5.73 Å². The smallest absolute Gasteiger partial charge is 0.408 e. The van der Waals surface area contributed by atoms with E-state index in [1.807, 2.05) is 0 Å². The lowest BCUT2D eigenvalue weighted by atomic mass is 9.99. The van der Waals surface area contributed by atoms with Crippen LogP contribution in [-0.4, -0.2) is 82.2 Å². The van der Waals surface area contributed by atoms with Crippen molar-refractivity contribution < 1.29 is 38.2 Å². The predicted molar refractivity (Wildman–Crippen MR) is 158 cm³/mol. The molecule has 5 atom stereocenters. The Morgan fingerprint density at radius 1 is 1.00 bits per heavy atom. The summed E-state index contributed by atoms with van der Waals surface area (Å²) in [5, 5.41) is 18.8. The number of nitrogens with one attached hydrogen (secondary N) is 3. The average Bonchev–Trinajstić information content (AvgIpc) is 3.36. The number of aliphatic hydroxyl groups is 1. The number of carbonyl (C=O) groups is 5.